The van der Waals surface area contributed by atoms with Gasteiger partial charge in [0.25, 0.3) is 0 Å². The maximum absolute atomic E-state index is 9.07. The topological polar surface area (TPSA) is 45.6 Å². The molecule has 5 heteroatoms. The van der Waals surface area contributed by atoms with Crippen molar-refractivity contribution in [1.29, 1.82) is 0 Å². The Morgan fingerprint density at radius 3 is 3.12 bits per heavy atom. The van der Waals surface area contributed by atoms with Crippen LogP contribution in [-0.4, -0.2) is 48.8 Å². The number of thioether (sulfide) groups is 1. The lowest BCUT2D eigenvalue weighted by Crippen LogP contribution is -2.44. The number of rotatable bonds is 3. The van der Waals surface area contributed by atoms with Gasteiger partial charge in [0.2, 0.25) is 0 Å². The third kappa shape index (κ3) is 2.66. The van der Waals surface area contributed by atoms with E-state index >= 15 is 0 Å². The van der Waals surface area contributed by atoms with E-state index in [0.29, 0.717) is 6.61 Å². The molecular weight excluding hydrogens is 224 g/mol. The second kappa shape index (κ2) is 5.52. The van der Waals surface area contributed by atoms with E-state index in [1.54, 1.807) is 11.8 Å². The molecule has 0 aliphatic carbocycles. The van der Waals surface area contributed by atoms with Crippen LogP contribution in [0.15, 0.2) is 23.4 Å². The smallest absolute Gasteiger partial charge is 0.0980 e. The van der Waals surface area contributed by atoms with E-state index in [-0.39, 0.29) is 12.7 Å². The highest BCUT2D eigenvalue weighted by atomic mass is 32.2. The number of nitrogens with zero attached hydrogens (tertiary/aromatic N) is 2. The van der Waals surface area contributed by atoms with E-state index in [0.717, 1.165) is 23.8 Å². The van der Waals surface area contributed by atoms with Crippen molar-refractivity contribution in [2.75, 3.05) is 37.5 Å². The molecule has 2 rings (SSSR count). The van der Waals surface area contributed by atoms with Gasteiger partial charge in [-0.2, -0.15) is 0 Å². The second-order valence-corrected chi connectivity index (χ2v) is 4.51. The molecule has 16 heavy (non-hydrogen) atoms. The Morgan fingerprint density at radius 2 is 2.50 bits per heavy atom. The number of aliphatic hydroxyl groups is 1. The molecule has 0 saturated carbocycles. The van der Waals surface area contributed by atoms with Gasteiger partial charge in [-0.15, -0.1) is 11.8 Å². The molecule has 1 aliphatic heterocycles. The molecule has 1 saturated heterocycles. The van der Waals surface area contributed by atoms with Crippen molar-refractivity contribution in [1.82, 2.24) is 4.98 Å². The SMILES string of the molecule is CSc1ccc(N2CCOC(CO)C2)cn1. The molecule has 1 N–H and O–H groups in total. The lowest BCUT2D eigenvalue weighted by molar-refractivity contribution is 0.00355. The minimum atomic E-state index is -0.0750. The normalized spacial score (nSPS) is 21.1. The van der Waals surface area contributed by atoms with Gasteiger partial charge < -0.3 is 14.7 Å². The zero-order chi connectivity index (χ0) is 11.4. The van der Waals surface area contributed by atoms with Crippen molar-refractivity contribution in [3.63, 3.8) is 0 Å². The number of morpholine rings is 1. The lowest BCUT2D eigenvalue weighted by Gasteiger charge is -2.33. The van der Waals surface area contributed by atoms with Crippen molar-refractivity contribution in [3.8, 4) is 0 Å². The predicted molar refractivity (Wildman–Crippen MR) is 65.1 cm³/mol. The Labute approximate surface area is 99.6 Å². The van der Waals surface area contributed by atoms with Gasteiger partial charge in [0.1, 0.15) is 0 Å². The molecule has 0 bridgehead atoms. The first-order valence-electron chi connectivity index (χ1n) is 5.31. The summed E-state index contributed by atoms with van der Waals surface area (Å²) in [6, 6.07) is 4.09. The van der Waals surface area contributed by atoms with Crippen molar-refractivity contribution in [2.45, 2.75) is 11.1 Å². The van der Waals surface area contributed by atoms with Crippen LogP contribution >= 0.6 is 11.8 Å². The molecule has 1 aliphatic rings. The van der Waals surface area contributed by atoms with E-state index in [4.69, 9.17) is 9.84 Å². The van der Waals surface area contributed by atoms with Gasteiger partial charge in [-0.3, -0.25) is 0 Å². The van der Waals surface area contributed by atoms with Gasteiger partial charge in [-0.1, -0.05) is 0 Å². The molecule has 0 aromatic carbocycles. The summed E-state index contributed by atoms with van der Waals surface area (Å²) in [5, 5.41) is 10.1. The van der Waals surface area contributed by atoms with Crippen LogP contribution in [0.25, 0.3) is 0 Å². The fraction of sp³-hybridized carbons (Fsp3) is 0.545. The van der Waals surface area contributed by atoms with Crippen molar-refractivity contribution in [3.05, 3.63) is 18.3 Å². The predicted octanol–water partition coefficient (Wildman–Crippen LogP) is 1.00. The number of hydrogen-bond acceptors (Lipinski definition) is 5. The minimum Gasteiger partial charge on any atom is -0.394 e. The molecule has 4 nitrogen and oxygen atoms in total. The number of anilines is 1. The van der Waals surface area contributed by atoms with Crippen molar-refractivity contribution >= 4 is 17.4 Å². The van der Waals surface area contributed by atoms with E-state index in [1.807, 2.05) is 18.5 Å². The Hall–Kier alpha value is -0.780. The van der Waals surface area contributed by atoms with Crippen LogP contribution in [0.4, 0.5) is 5.69 Å². The second-order valence-electron chi connectivity index (χ2n) is 3.68. The fourth-order valence-corrected chi connectivity index (χ4v) is 2.11. The highest BCUT2D eigenvalue weighted by Crippen LogP contribution is 2.19. The molecule has 0 spiro atoms. The van der Waals surface area contributed by atoms with Crippen LogP contribution in [0.2, 0.25) is 0 Å². The molecule has 0 radical (unpaired) electrons. The molecule has 1 aromatic rings. The number of pyridine rings is 1. The monoisotopic (exact) mass is 240 g/mol. The van der Waals surface area contributed by atoms with Crippen LogP contribution in [0.1, 0.15) is 0 Å². The third-order valence-electron chi connectivity index (χ3n) is 2.64. The minimum absolute atomic E-state index is 0.0750. The van der Waals surface area contributed by atoms with Crippen LogP contribution in [0.5, 0.6) is 0 Å². The van der Waals surface area contributed by atoms with E-state index < -0.39 is 0 Å². The highest BCUT2D eigenvalue weighted by Gasteiger charge is 2.19. The molecule has 0 amide bonds. The molecule has 88 valence electrons. The summed E-state index contributed by atoms with van der Waals surface area (Å²) in [6.07, 6.45) is 3.82. The number of aliphatic hydroxyl groups excluding tert-OH is 1. The average Bonchev–Trinajstić information content (AvgIpc) is 2.39. The van der Waals surface area contributed by atoms with Gasteiger partial charge in [0, 0.05) is 13.1 Å². The first-order chi connectivity index (χ1) is 7.83. The maximum Gasteiger partial charge on any atom is 0.0980 e. The van der Waals surface area contributed by atoms with Gasteiger partial charge in [-0.05, 0) is 18.4 Å². The molecule has 1 fully saturated rings. The van der Waals surface area contributed by atoms with E-state index in [2.05, 4.69) is 16.0 Å². The van der Waals surface area contributed by atoms with Crippen LogP contribution < -0.4 is 4.90 Å². The number of hydrogen-bond donors (Lipinski definition) is 1. The summed E-state index contributed by atoms with van der Waals surface area (Å²) in [6.45, 7) is 2.33. The standard InChI is InChI=1S/C11H16N2O2S/c1-16-11-3-2-9(6-12-11)13-4-5-15-10(7-13)8-14/h2-3,6,10,14H,4-5,7-8H2,1H3. The van der Waals surface area contributed by atoms with Gasteiger partial charge in [-0.25, -0.2) is 4.98 Å². The summed E-state index contributed by atoms with van der Waals surface area (Å²) < 4.78 is 5.41. The van der Waals surface area contributed by atoms with Crippen LogP contribution in [0.3, 0.4) is 0 Å². The summed E-state index contributed by atoms with van der Waals surface area (Å²) >= 11 is 1.63. The Bertz CT molecular complexity index is 331. The van der Waals surface area contributed by atoms with Crippen molar-refractivity contribution in [2.24, 2.45) is 0 Å². The maximum atomic E-state index is 9.07. The Morgan fingerprint density at radius 1 is 1.62 bits per heavy atom. The summed E-state index contributed by atoms with van der Waals surface area (Å²) in [5.41, 5.74) is 1.10. The van der Waals surface area contributed by atoms with E-state index in [9.17, 15) is 0 Å². The van der Waals surface area contributed by atoms with E-state index in [1.165, 1.54) is 0 Å². The zero-order valence-corrected chi connectivity index (χ0v) is 10.1. The Kier molecular flexibility index (Phi) is 4.04. The largest absolute Gasteiger partial charge is 0.394 e. The number of aromatic nitrogens is 1. The summed E-state index contributed by atoms with van der Waals surface area (Å²) in [5.74, 6) is 0. The Balaban J connectivity index is 2.05. The highest BCUT2D eigenvalue weighted by molar-refractivity contribution is 7.98. The lowest BCUT2D eigenvalue weighted by atomic mass is 10.2. The van der Waals surface area contributed by atoms with Gasteiger partial charge in [0.05, 0.1) is 36.2 Å². The molecule has 2 heterocycles. The molecule has 1 unspecified atom stereocenters. The average molecular weight is 240 g/mol. The molecule has 1 aromatic heterocycles. The van der Waals surface area contributed by atoms with Gasteiger partial charge >= 0.3 is 0 Å². The first-order valence-corrected chi connectivity index (χ1v) is 6.53. The number of ether oxygens (including phenoxy) is 1. The fourth-order valence-electron chi connectivity index (χ4n) is 1.74. The van der Waals surface area contributed by atoms with Crippen LogP contribution in [0, 0.1) is 0 Å². The van der Waals surface area contributed by atoms with Crippen molar-refractivity contribution < 1.29 is 9.84 Å². The van der Waals surface area contributed by atoms with Crippen LogP contribution in [-0.2, 0) is 4.74 Å². The molecular formula is C11H16N2O2S. The van der Waals surface area contributed by atoms with Gasteiger partial charge in [0.15, 0.2) is 0 Å². The summed E-state index contributed by atoms with van der Waals surface area (Å²) in [7, 11) is 0. The zero-order valence-electron chi connectivity index (χ0n) is 9.30. The third-order valence-corrected chi connectivity index (χ3v) is 3.30. The molecule has 1 atom stereocenters. The summed E-state index contributed by atoms with van der Waals surface area (Å²) in [4.78, 5) is 6.54. The first kappa shape index (κ1) is 11.7. The quantitative estimate of drug-likeness (QED) is 0.799.